The van der Waals surface area contributed by atoms with Crippen molar-refractivity contribution in [3.8, 4) is 11.5 Å². The second-order valence-corrected chi connectivity index (χ2v) is 5.16. The molecular formula is C17H15F2N3O3. The molecule has 0 atom stereocenters. The standard InChI is InChI=1S/C17H15F2N3O3/c1-24-14-8-10(6-7-13(14)25-17(18)19)9-20-16(23)15-11-4-2-3-5-12(11)21-22-15/h2-8,17H,9H2,1H3,(H,20,23)(H,21,22). The number of benzene rings is 2. The maximum atomic E-state index is 12.3. The molecule has 1 amide bonds. The van der Waals surface area contributed by atoms with E-state index in [1.807, 2.05) is 18.2 Å². The molecule has 0 fully saturated rings. The van der Waals surface area contributed by atoms with Crippen LogP contribution in [-0.2, 0) is 6.54 Å². The van der Waals surface area contributed by atoms with Crippen LogP contribution in [0.5, 0.6) is 11.5 Å². The van der Waals surface area contributed by atoms with Crippen molar-refractivity contribution in [2.24, 2.45) is 0 Å². The maximum absolute atomic E-state index is 12.3. The third-order valence-electron chi connectivity index (χ3n) is 3.58. The number of H-pyrrole nitrogens is 1. The Kier molecular flexibility index (Phi) is 4.78. The van der Waals surface area contributed by atoms with Gasteiger partial charge in [0.25, 0.3) is 5.91 Å². The molecule has 1 aromatic heterocycles. The Morgan fingerprint density at radius 1 is 1.24 bits per heavy atom. The van der Waals surface area contributed by atoms with E-state index in [0.29, 0.717) is 11.3 Å². The van der Waals surface area contributed by atoms with E-state index >= 15 is 0 Å². The van der Waals surface area contributed by atoms with Gasteiger partial charge in [-0.05, 0) is 23.8 Å². The molecule has 0 aliphatic rings. The van der Waals surface area contributed by atoms with Gasteiger partial charge in [-0.15, -0.1) is 0 Å². The molecule has 3 aromatic rings. The van der Waals surface area contributed by atoms with E-state index in [9.17, 15) is 13.6 Å². The zero-order valence-corrected chi connectivity index (χ0v) is 13.3. The number of fused-ring (bicyclic) bond motifs is 1. The van der Waals surface area contributed by atoms with Crippen molar-refractivity contribution in [3.05, 3.63) is 53.7 Å². The number of aromatic amines is 1. The van der Waals surface area contributed by atoms with Gasteiger partial charge in [0.05, 0.1) is 12.6 Å². The normalized spacial score (nSPS) is 10.9. The zero-order valence-electron chi connectivity index (χ0n) is 13.3. The van der Waals surface area contributed by atoms with Gasteiger partial charge < -0.3 is 14.8 Å². The summed E-state index contributed by atoms with van der Waals surface area (Å²) < 4.78 is 34.1. The average molecular weight is 347 g/mol. The van der Waals surface area contributed by atoms with Crippen LogP contribution < -0.4 is 14.8 Å². The number of hydrogen-bond acceptors (Lipinski definition) is 4. The third-order valence-corrected chi connectivity index (χ3v) is 3.58. The fourth-order valence-electron chi connectivity index (χ4n) is 2.42. The molecule has 0 saturated carbocycles. The van der Waals surface area contributed by atoms with Crippen LogP contribution in [0.1, 0.15) is 16.1 Å². The number of carbonyl (C=O) groups is 1. The minimum atomic E-state index is -2.94. The first kappa shape index (κ1) is 16.7. The predicted molar refractivity (Wildman–Crippen MR) is 86.9 cm³/mol. The summed E-state index contributed by atoms with van der Waals surface area (Å²) in [4.78, 5) is 12.3. The fourth-order valence-corrected chi connectivity index (χ4v) is 2.42. The van der Waals surface area contributed by atoms with E-state index in [4.69, 9.17) is 4.74 Å². The van der Waals surface area contributed by atoms with Crippen molar-refractivity contribution in [1.82, 2.24) is 15.5 Å². The van der Waals surface area contributed by atoms with Gasteiger partial charge in [-0.2, -0.15) is 13.9 Å². The molecule has 6 nitrogen and oxygen atoms in total. The molecular weight excluding hydrogens is 332 g/mol. The van der Waals surface area contributed by atoms with E-state index in [1.54, 1.807) is 12.1 Å². The molecule has 2 N–H and O–H groups in total. The Hall–Kier alpha value is -3.16. The summed E-state index contributed by atoms with van der Waals surface area (Å²) in [6, 6.07) is 11.8. The molecule has 0 unspecified atom stereocenters. The number of methoxy groups -OCH3 is 1. The summed E-state index contributed by atoms with van der Waals surface area (Å²) in [5.41, 5.74) is 1.73. The first-order valence-corrected chi connectivity index (χ1v) is 7.41. The molecule has 2 aromatic carbocycles. The van der Waals surface area contributed by atoms with Gasteiger partial charge >= 0.3 is 6.61 Å². The van der Waals surface area contributed by atoms with E-state index in [2.05, 4.69) is 20.3 Å². The molecule has 0 aliphatic heterocycles. The number of para-hydroxylation sites is 1. The minimum absolute atomic E-state index is 0.0640. The summed E-state index contributed by atoms with van der Waals surface area (Å²) in [7, 11) is 1.35. The van der Waals surface area contributed by atoms with E-state index in [-0.39, 0.29) is 24.0 Å². The Morgan fingerprint density at radius 2 is 2.04 bits per heavy atom. The van der Waals surface area contributed by atoms with E-state index < -0.39 is 6.61 Å². The number of halogens is 2. The van der Waals surface area contributed by atoms with Gasteiger partial charge in [-0.25, -0.2) is 0 Å². The maximum Gasteiger partial charge on any atom is 0.387 e. The lowest BCUT2D eigenvalue weighted by atomic mass is 10.2. The first-order valence-electron chi connectivity index (χ1n) is 7.41. The van der Waals surface area contributed by atoms with Gasteiger partial charge in [0.2, 0.25) is 0 Å². The summed E-state index contributed by atoms with van der Waals surface area (Å²) in [6.07, 6.45) is 0. The van der Waals surface area contributed by atoms with Gasteiger partial charge in [0.15, 0.2) is 17.2 Å². The predicted octanol–water partition coefficient (Wildman–Crippen LogP) is 3.10. The number of amides is 1. The lowest BCUT2D eigenvalue weighted by Gasteiger charge is -2.11. The van der Waals surface area contributed by atoms with Crippen LogP contribution >= 0.6 is 0 Å². The highest BCUT2D eigenvalue weighted by Gasteiger charge is 2.15. The average Bonchev–Trinajstić information content (AvgIpc) is 3.04. The van der Waals surface area contributed by atoms with Crippen molar-refractivity contribution in [2.75, 3.05) is 7.11 Å². The Morgan fingerprint density at radius 3 is 2.80 bits per heavy atom. The van der Waals surface area contributed by atoms with Gasteiger partial charge in [-0.3, -0.25) is 9.89 Å². The highest BCUT2D eigenvalue weighted by Crippen LogP contribution is 2.29. The smallest absolute Gasteiger partial charge is 0.387 e. The second-order valence-electron chi connectivity index (χ2n) is 5.16. The van der Waals surface area contributed by atoms with Crippen molar-refractivity contribution in [2.45, 2.75) is 13.2 Å². The summed E-state index contributed by atoms with van der Waals surface area (Å²) in [5.74, 6) is -0.243. The SMILES string of the molecule is COc1cc(CNC(=O)c2n[nH]c3ccccc23)ccc1OC(F)F. The molecule has 3 rings (SSSR count). The van der Waals surface area contributed by atoms with Gasteiger partial charge in [0.1, 0.15) is 0 Å². The summed E-state index contributed by atoms with van der Waals surface area (Å²) in [6.45, 7) is -2.75. The van der Waals surface area contributed by atoms with Crippen LogP contribution in [-0.4, -0.2) is 29.8 Å². The monoisotopic (exact) mass is 347 g/mol. The van der Waals surface area contributed by atoms with E-state index in [0.717, 1.165) is 10.9 Å². The minimum Gasteiger partial charge on any atom is -0.493 e. The van der Waals surface area contributed by atoms with Gasteiger partial charge in [0, 0.05) is 11.9 Å². The lowest BCUT2D eigenvalue weighted by molar-refractivity contribution is -0.0512. The summed E-state index contributed by atoms with van der Waals surface area (Å²) in [5, 5.41) is 10.3. The Labute approximate surface area is 141 Å². The molecule has 0 saturated heterocycles. The number of rotatable bonds is 6. The quantitative estimate of drug-likeness (QED) is 0.718. The third kappa shape index (κ3) is 3.68. The largest absolute Gasteiger partial charge is 0.493 e. The van der Waals surface area contributed by atoms with Gasteiger partial charge in [-0.1, -0.05) is 24.3 Å². The molecule has 1 heterocycles. The van der Waals surface area contributed by atoms with Crippen LogP contribution in [0, 0.1) is 0 Å². The van der Waals surface area contributed by atoms with E-state index in [1.165, 1.54) is 19.2 Å². The second kappa shape index (κ2) is 7.16. The molecule has 130 valence electrons. The molecule has 0 radical (unpaired) electrons. The fraction of sp³-hybridized carbons (Fsp3) is 0.176. The number of carbonyl (C=O) groups excluding carboxylic acids is 1. The van der Waals surface area contributed by atoms with Crippen molar-refractivity contribution in [3.63, 3.8) is 0 Å². The van der Waals surface area contributed by atoms with Crippen molar-refractivity contribution < 1.29 is 23.0 Å². The lowest BCUT2D eigenvalue weighted by Crippen LogP contribution is -2.23. The molecule has 0 spiro atoms. The van der Waals surface area contributed by atoms with Crippen LogP contribution in [0.25, 0.3) is 10.9 Å². The zero-order chi connectivity index (χ0) is 17.8. The van der Waals surface area contributed by atoms with Crippen LogP contribution in [0.4, 0.5) is 8.78 Å². The number of ether oxygens (including phenoxy) is 2. The number of alkyl halides is 2. The highest BCUT2D eigenvalue weighted by atomic mass is 19.3. The van der Waals surface area contributed by atoms with Crippen LogP contribution in [0.3, 0.4) is 0 Å². The first-order chi connectivity index (χ1) is 12.1. The van der Waals surface area contributed by atoms with Crippen LogP contribution in [0.15, 0.2) is 42.5 Å². The van der Waals surface area contributed by atoms with Crippen molar-refractivity contribution >= 4 is 16.8 Å². The number of hydrogen-bond donors (Lipinski definition) is 2. The van der Waals surface area contributed by atoms with Crippen LogP contribution in [0.2, 0.25) is 0 Å². The van der Waals surface area contributed by atoms with Crippen molar-refractivity contribution in [1.29, 1.82) is 0 Å². The molecule has 0 aliphatic carbocycles. The molecule has 0 bridgehead atoms. The Bertz CT molecular complexity index is 896. The number of aromatic nitrogens is 2. The topological polar surface area (TPSA) is 76.2 Å². The molecule has 25 heavy (non-hydrogen) atoms. The summed E-state index contributed by atoms with van der Waals surface area (Å²) >= 11 is 0. The number of nitrogens with zero attached hydrogens (tertiary/aromatic N) is 1. The number of nitrogens with one attached hydrogen (secondary N) is 2. The highest BCUT2D eigenvalue weighted by molar-refractivity contribution is 6.04. The Balaban J connectivity index is 1.71. The molecule has 8 heteroatoms.